The van der Waals surface area contributed by atoms with Crippen LogP contribution in [0.1, 0.15) is 18.1 Å². The van der Waals surface area contributed by atoms with Crippen molar-refractivity contribution in [3.05, 3.63) is 82.9 Å². The Morgan fingerprint density at radius 2 is 1.89 bits per heavy atom. The van der Waals surface area contributed by atoms with Gasteiger partial charge in [-0.2, -0.15) is 5.10 Å². The summed E-state index contributed by atoms with van der Waals surface area (Å²) < 4.78 is 7.26. The first-order valence-electron chi connectivity index (χ1n) is 11.1. The molecule has 0 unspecified atom stereocenters. The number of hydrogen-bond acceptors (Lipinski definition) is 7. The molecular weight excluding hydrogens is 498 g/mol. The molecule has 36 heavy (non-hydrogen) atoms. The van der Waals surface area contributed by atoms with Crippen molar-refractivity contribution in [1.82, 2.24) is 20.2 Å². The maximum absolute atomic E-state index is 12.5. The molecule has 4 rings (SSSR count). The predicted octanol–water partition coefficient (Wildman–Crippen LogP) is 5.24. The van der Waals surface area contributed by atoms with Gasteiger partial charge in [-0.25, -0.2) is 5.43 Å². The molecule has 184 valence electrons. The van der Waals surface area contributed by atoms with Crippen molar-refractivity contribution in [2.24, 2.45) is 5.10 Å². The third kappa shape index (κ3) is 6.24. The summed E-state index contributed by atoms with van der Waals surface area (Å²) in [5.74, 6) is 0.841. The summed E-state index contributed by atoms with van der Waals surface area (Å²) in [6.07, 6.45) is 1.48. The van der Waals surface area contributed by atoms with Gasteiger partial charge in [0.1, 0.15) is 0 Å². The van der Waals surface area contributed by atoms with Crippen molar-refractivity contribution < 1.29 is 14.6 Å². The van der Waals surface area contributed by atoms with Crippen molar-refractivity contribution >= 4 is 35.5 Å². The standard InChI is InChI=1S/C26H24ClN5O3S/c1-3-35-23-14-18(6-13-22(23)33)15-28-29-24(34)16-36-26-31-30-25(19-7-4-17(2)5-8-19)32(26)21-11-9-20(27)10-12-21/h4-15,33H,3,16H2,1-2H3,(H,29,34)/b28-15+. The van der Waals surface area contributed by atoms with Gasteiger partial charge < -0.3 is 9.84 Å². The lowest BCUT2D eigenvalue weighted by molar-refractivity contribution is -0.118. The first kappa shape index (κ1) is 25.3. The van der Waals surface area contributed by atoms with E-state index in [0.29, 0.717) is 33.9 Å². The number of amides is 1. The highest BCUT2D eigenvalue weighted by atomic mass is 35.5. The van der Waals surface area contributed by atoms with E-state index in [0.717, 1.165) is 16.8 Å². The Bertz CT molecular complexity index is 1370. The molecule has 1 amide bonds. The van der Waals surface area contributed by atoms with Crippen LogP contribution in [0.25, 0.3) is 17.1 Å². The van der Waals surface area contributed by atoms with Gasteiger partial charge in [-0.3, -0.25) is 9.36 Å². The van der Waals surface area contributed by atoms with E-state index in [1.807, 2.05) is 54.8 Å². The summed E-state index contributed by atoms with van der Waals surface area (Å²) >= 11 is 7.33. The van der Waals surface area contributed by atoms with E-state index in [1.54, 1.807) is 24.3 Å². The minimum atomic E-state index is -0.303. The molecule has 0 saturated heterocycles. The monoisotopic (exact) mass is 521 g/mol. The van der Waals surface area contributed by atoms with Crippen LogP contribution in [-0.4, -0.2) is 44.4 Å². The fourth-order valence-electron chi connectivity index (χ4n) is 3.30. The van der Waals surface area contributed by atoms with Gasteiger partial charge in [-0.15, -0.1) is 10.2 Å². The number of rotatable bonds is 9. The number of carbonyl (C=O) groups is 1. The molecule has 0 bridgehead atoms. The molecule has 0 aliphatic heterocycles. The topological polar surface area (TPSA) is 102 Å². The number of phenolic OH excluding ortho intramolecular Hbond substituents is 1. The number of nitrogens with zero attached hydrogens (tertiary/aromatic N) is 4. The fourth-order valence-corrected chi connectivity index (χ4v) is 4.17. The van der Waals surface area contributed by atoms with Crippen LogP contribution < -0.4 is 10.2 Å². The third-order valence-corrected chi connectivity index (χ3v) is 6.23. The summed E-state index contributed by atoms with van der Waals surface area (Å²) in [6.45, 7) is 4.28. The Kier molecular flexibility index (Phi) is 8.24. The van der Waals surface area contributed by atoms with E-state index in [2.05, 4.69) is 20.7 Å². The number of benzene rings is 3. The summed E-state index contributed by atoms with van der Waals surface area (Å²) in [4.78, 5) is 12.5. The third-order valence-electron chi connectivity index (χ3n) is 5.05. The first-order chi connectivity index (χ1) is 17.4. The van der Waals surface area contributed by atoms with Crippen molar-refractivity contribution in [3.63, 3.8) is 0 Å². The lowest BCUT2D eigenvalue weighted by Gasteiger charge is -2.10. The van der Waals surface area contributed by atoms with Gasteiger partial charge in [-0.05, 0) is 61.9 Å². The van der Waals surface area contributed by atoms with E-state index in [-0.39, 0.29) is 17.4 Å². The second-order valence-electron chi connectivity index (χ2n) is 7.73. The van der Waals surface area contributed by atoms with Gasteiger partial charge in [0.05, 0.1) is 18.6 Å². The van der Waals surface area contributed by atoms with Gasteiger partial charge in [0.15, 0.2) is 22.5 Å². The van der Waals surface area contributed by atoms with Crippen molar-refractivity contribution in [2.45, 2.75) is 19.0 Å². The lowest BCUT2D eigenvalue weighted by atomic mass is 10.1. The van der Waals surface area contributed by atoms with Crippen LogP contribution in [0.3, 0.4) is 0 Å². The SMILES string of the molecule is CCOc1cc(/C=N/NC(=O)CSc2nnc(-c3ccc(C)cc3)n2-c2ccc(Cl)cc2)ccc1O. The van der Waals surface area contributed by atoms with Crippen LogP contribution in [0, 0.1) is 6.92 Å². The smallest absolute Gasteiger partial charge is 0.250 e. The number of halogens is 1. The van der Waals surface area contributed by atoms with Crippen LogP contribution in [0.4, 0.5) is 0 Å². The molecule has 0 saturated carbocycles. The normalized spacial score (nSPS) is 11.1. The highest BCUT2D eigenvalue weighted by molar-refractivity contribution is 7.99. The molecule has 0 fully saturated rings. The second kappa shape index (κ2) is 11.7. The molecule has 0 atom stereocenters. The van der Waals surface area contributed by atoms with Gasteiger partial charge >= 0.3 is 0 Å². The van der Waals surface area contributed by atoms with E-state index in [9.17, 15) is 9.90 Å². The number of aryl methyl sites for hydroxylation is 1. The second-order valence-corrected chi connectivity index (χ2v) is 9.10. The lowest BCUT2D eigenvalue weighted by Crippen LogP contribution is -2.20. The van der Waals surface area contributed by atoms with Crippen molar-refractivity contribution in [3.8, 4) is 28.6 Å². The van der Waals surface area contributed by atoms with E-state index >= 15 is 0 Å². The van der Waals surface area contributed by atoms with E-state index in [4.69, 9.17) is 16.3 Å². The number of nitrogens with one attached hydrogen (secondary N) is 1. The van der Waals surface area contributed by atoms with Crippen molar-refractivity contribution in [1.29, 1.82) is 0 Å². The van der Waals surface area contributed by atoms with Crippen LogP contribution in [-0.2, 0) is 4.79 Å². The van der Waals surface area contributed by atoms with Crippen LogP contribution in [0.15, 0.2) is 77.0 Å². The number of hydrogen-bond donors (Lipinski definition) is 2. The summed E-state index contributed by atoms with van der Waals surface area (Å²) in [6, 6.07) is 20.2. The molecule has 0 spiro atoms. The molecule has 0 aliphatic carbocycles. The number of phenols is 1. The fraction of sp³-hybridized carbons (Fsp3) is 0.154. The van der Waals surface area contributed by atoms with Crippen molar-refractivity contribution in [2.75, 3.05) is 12.4 Å². The van der Waals surface area contributed by atoms with Gasteiger partial charge in [0, 0.05) is 16.3 Å². The molecule has 0 radical (unpaired) electrons. The molecule has 1 aromatic heterocycles. The Balaban J connectivity index is 1.47. The predicted molar refractivity (Wildman–Crippen MR) is 142 cm³/mol. The Labute approximate surface area is 218 Å². The van der Waals surface area contributed by atoms with Gasteiger partial charge in [-0.1, -0.05) is 53.2 Å². The van der Waals surface area contributed by atoms with E-state index < -0.39 is 0 Å². The minimum absolute atomic E-state index is 0.0456. The zero-order chi connectivity index (χ0) is 25.5. The Morgan fingerprint density at radius 3 is 2.61 bits per heavy atom. The average Bonchev–Trinajstić information content (AvgIpc) is 3.29. The molecular formula is C26H24ClN5O3S. The molecule has 4 aromatic rings. The average molecular weight is 522 g/mol. The minimum Gasteiger partial charge on any atom is -0.504 e. The molecule has 0 aliphatic rings. The number of carbonyl (C=O) groups excluding carboxylic acids is 1. The summed E-state index contributed by atoms with van der Waals surface area (Å²) in [5, 5.41) is 23.7. The number of hydrazone groups is 1. The molecule has 3 aromatic carbocycles. The Hall–Kier alpha value is -3.82. The number of ether oxygens (including phenoxy) is 1. The van der Waals surface area contributed by atoms with Crippen LogP contribution >= 0.6 is 23.4 Å². The summed E-state index contributed by atoms with van der Waals surface area (Å²) in [5.41, 5.74) is 6.07. The van der Waals surface area contributed by atoms with Crippen LogP contribution in [0.5, 0.6) is 11.5 Å². The van der Waals surface area contributed by atoms with Crippen LogP contribution in [0.2, 0.25) is 5.02 Å². The molecule has 8 nitrogen and oxygen atoms in total. The molecule has 1 heterocycles. The highest BCUT2D eigenvalue weighted by Crippen LogP contribution is 2.29. The van der Waals surface area contributed by atoms with Gasteiger partial charge in [0.2, 0.25) is 0 Å². The largest absolute Gasteiger partial charge is 0.504 e. The maximum atomic E-state index is 12.5. The Morgan fingerprint density at radius 1 is 1.14 bits per heavy atom. The maximum Gasteiger partial charge on any atom is 0.250 e. The van der Waals surface area contributed by atoms with E-state index in [1.165, 1.54) is 24.0 Å². The summed E-state index contributed by atoms with van der Waals surface area (Å²) in [7, 11) is 0. The molecule has 2 N–H and O–H groups in total. The number of thioether (sulfide) groups is 1. The number of aromatic hydroxyl groups is 1. The highest BCUT2D eigenvalue weighted by Gasteiger charge is 2.17. The van der Waals surface area contributed by atoms with Gasteiger partial charge in [0.25, 0.3) is 5.91 Å². The zero-order valence-electron chi connectivity index (χ0n) is 19.7. The first-order valence-corrected chi connectivity index (χ1v) is 12.5. The zero-order valence-corrected chi connectivity index (χ0v) is 21.3. The quantitative estimate of drug-likeness (QED) is 0.177. The molecule has 10 heteroatoms. The number of aromatic nitrogens is 3.